The van der Waals surface area contributed by atoms with E-state index in [0.29, 0.717) is 19.5 Å². The highest BCUT2D eigenvalue weighted by Gasteiger charge is 2.30. The first-order chi connectivity index (χ1) is 8.90. The third kappa shape index (κ3) is 3.26. The molecule has 1 atom stereocenters. The number of carbonyl (C=O) groups excluding carboxylic acids is 1. The summed E-state index contributed by atoms with van der Waals surface area (Å²) in [4.78, 5) is 13.8. The van der Waals surface area contributed by atoms with Gasteiger partial charge in [0.2, 0.25) is 0 Å². The molecule has 0 spiro atoms. The number of hydrogen-bond donors (Lipinski definition) is 1. The van der Waals surface area contributed by atoms with Crippen LogP contribution >= 0.6 is 0 Å². The molecule has 0 fully saturated rings. The maximum atomic E-state index is 12.1. The van der Waals surface area contributed by atoms with E-state index in [-0.39, 0.29) is 18.7 Å². The van der Waals surface area contributed by atoms with Gasteiger partial charge in [-0.3, -0.25) is 4.68 Å². The van der Waals surface area contributed by atoms with Gasteiger partial charge >= 0.3 is 6.09 Å². The number of aliphatic hydroxyl groups is 1. The zero-order chi connectivity index (χ0) is 14.0. The van der Waals surface area contributed by atoms with Gasteiger partial charge in [0.1, 0.15) is 5.60 Å². The highest BCUT2D eigenvalue weighted by molar-refractivity contribution is 5.68. The first kappa shape index (κ1) is 13.9. The first-order valence-corrected chi connectivity index (χ1v) is 6.52. The van der Waals surface area contributed by atoms with Crippen molar-refractivity contribution in [3.63, 3.8) is 0 Å². The van der Waals surface area contributed by atoms with Crippen molar-refractivity contribution in [1.29, 1.82) is 0 Å². The molecular formula is C13H21N3O3. The number of carbonyl (C=O) groups is 1. The molecule has 1 amide bonds. The van der Waals surface area contributed by atoms with Crippen molar-refractivity contribution in [2.24, 2.45) is 0 Å². The number of nitrogens with zero attached hydrogens (tertiary/aromatic N) is 3. The number of ether oxygens (including phenoxy) is 1. The van der Waals surface area contributed by atoms with Gasteiger partial charge in [-0.15, -0.1) is 0 Å². The summed E-state index contributed by atoms with van der Waals surface area (Å²) >= 11 is 0. The molecule has 0 aliphatic carbocycles. The van der Waals surface area contributed by atoms with Crippen LogP contribution in [0, 0.1) is 0 Å². The molecule has 1 N–H and O–H groups in total. The lowest BCUT2D eigenvalue weighted by Gasteiger charge is -2.34. The molecule has 0 bridgehead atoms. The molecule has 0 saturated heterocycles. The number of fused-ring (bicyclic) bond motifs is 1. The Morgan fingerprint density at radius 1 is 1.58 bits per heavy atom. The molecular weight excluding hydrogens is 246 g/mol. The molecule has 0 saturated carbocycles. The van der Waals surface area contributed by atoms with E-state index >= 15 is 0 Å². The van der Waals surface area contributed by atoms with Gasteiger partial charge in [0.15, 0.2) is 0 Å². The molecule has 1 unspecified atom stereocenters. The topological polar surface area (TPSA) is 67.6 Å². The fourth-order valence-corrected chi connectivity index (χ4v) is 2.22. The molecule has 1 aliphatic rings. The molecule has 6 heteroatoms. The number of amides is 1. The van der Waals surface area contributed by atoms with Crippen LogP contribution in [0.4, 0.5) is 4.79 Å². The fourth-order valence-electron chi connectivity index (χ4n) is 2.22. The van der Waals surface area contributed by atoms with Crippen LogP contribution in [0.5, 0.6) is 0 Å². The molecule has 0 aromatic carbocycles. The van der Waals surface area contributed by atoms with Crippen LogP contribution in [0.25, 0.3) is 0 Å². The Kier molecular flexibility index (Phi) is 3.80. The molecule has 2 rings (SSSR count). The van der Waals surface area contributed by atoms with Crippen molar-refractivity contribution in [2.45, 2.75) is 45.4 Å². The van der Waals surface area contributed by atoms with Crippen LogP contribution in [-0.2, 0) is 11.3 Å². The van der Waals surface area contributed by atoms with Crippen molar-refractivity contribution >= 4 is 6.09 Å². The minimum absolute atomic E-state index is 0.0104. The molecule has 19 heavy (non-hydrogen) atoms. The van der Waals surface area contributed by atoms with Crippen LogP contribution in [0.15, 0.2) is 12.3 Å². The van der Waals surface area contributed by atoms with Gasteiger partial charge in [0, 0.05) is 19.3 Å². The summed E-state index contributed by atoms with van der Waals surface area (Å²) in [6.07, 6.45) is 1.98. The summed E-state index contributed by atoms with van der Waals surface area (Å²) in [5.74, 6) is 0. The zero-order valence-corrected chi connectivity index (χ0v) is 11.7. The van der Waals surface area contributed by atoms with Gasteiger partial charge in [-0.2, -0.15) is 5.10 Å². The monoisotopic (exact) mass is 267 g/mol. The third-order valence-corrected chi connectivity index (χ3v) is 3.00. The number of rotatable bonds is 2. The number of aliphatic hydroxyl groups excluding tert-OH is 1. The van der Waals surface area contributed by atoms with Crippen LogP contribution in [-0.4, -0.2) is 44.6 Å². The van der Waals surface area contributed by atoms with E-state index in [1.54, 1.807) is 11.1 Å². The lowest BCUT2D eigenvalue weighted by molar-refractivity contribution is 0.0147. The highest BCUT2D eigenvalue weighted by Crippen LogP contribution is 2.24. The molecule has 1 aromatic rings. The second-order valence-corrected chi connectivity index (χ2v) is 5.79. The van der Waals surface area contributed by atoms with Crippen molar-refractivity contribution in [3.8, 4) is 0 Å². The quantitative estimate of drug-likeness (QED) is 0.883. The van der Waals surface area contributed by atoms with E-state index < -0.39 is 5.60 Å². The van der Waals surface area contributed by atoms with Crippen LogP contribution < -0.4 is 0 Å². The third-order valence-electron chi connectivity index (χ3n) is 3.00. The SMILES string of the molecule is CC(C)(C)OC(=O)N1Cc2ccnn2C(CCO)C1. The van der Waals surface area contributed by atoms with E-state index in [2.05, 4.69) is 5.10 Å². The Labute approximate surface area is 113 Å². The maximum absolute atomic E-state index is 12.1. The fraction of sp³-hybridized carbons (Fsp3) is 0.692. The van der Waals surface area contributed by atoms with E-state index in [0.717, 1.165) is 5.69 Å². The van der Waals surface area contributed by atoms with Crippen molar-refractivity contribution in [3.05, 3.63) is 18.0 Å². The van der Waals surface area contributed by atoms with E-state index in [1.807, 2.05) is 31.5 Å². The average Bonchev–Trinajstić information content (AvgIpc) is 2.75. The standard InChI is InChI=1S/C13H21N3O3/c1-13(2,3)19-12(18)15-8-10-4-6-14-16(10)11(9-15)5-7-17/h4,6,11,17H,5,7-9H2,1-3H3. The zero-order valence-electron chi connectivity index (χ0n) is 11.7. The molecule has 2 heterocycles. The minimum atomic E-state index is -0.499. The predicted molar refractivity (Wildman–Crippen MR) is 69.6 cm³/mol. The molecule has 6 nitrogen and oxygen atoms in total. The van der Waals surface area contributed by atoms with Gasteiger partial charge in [-0.25, -0.2) is 4.79 Å². The van der Waals surface area contributed by atoms with Crippen molar-refractivity contribution < 1.29 is 14.6 Å². The van der Waals surface area contributed by atoms with Gasteiger partial charge < -0.3 is 14.7 Å². The molecule has 1 aliphatic heterocycles. The van der Waals surface area contributed by atoms with Gasteiger partial charge in [0.25, 0.3) is 0 Å². The normalized spacial score (nSPS) is 19.2. The Morgan fingerprint density at radius 2 is 2.32 bits per heavy atom. The van der Waals surface area contributed by atoms with Crippen molar-refractivity contribution in [1.82, 2.24) is 14.7 Å². The van der Waals surface area contributed by atoms with E-state index in [4.69, 9.17) is 9.84 Å². The lowest BCUT2D eigenvalue weighted by atomic mass is 10.1. The predicted octanol–water partition coefficient (Wildman–Crippen LogP) is 1.56. The lowest BCUT2D eigenvalue weighted by Crippen LogP contribution is -2.43. The van der Waals surface area contributed by atoms with Crippen LogP contribution in [0.3, 0.4) is 0 Å². The summed E-state index contributed by atoms with van der Waals surface area (Å²) in [5.41, 5.74) is 0.469. The summed E-state index contributed by atoms with van der Waals surface area (Å²) in [7, 11) is 0. The molecule has 1 aromatic heterocycles. The largest absolute Gasteiger partial charge is 0.444 e. The summed E-state index contributed by atoms with van der Waals surface area (Å²) in [5, 5.41) is 13.4. The Balaban J connectivity index is 2.12. The smallest absolute Gasteiger partial charge is 0.410 e. The maximum Gasteiger partial charge on any atom is 0.410 e. The van der Waals surface area contributed by atoms with Crippen molar-refractivity contribution in [2.75, 3.05) is 13.2 Å². The van der Waals surface area contributed by atoms with Gasteiger partial charge in [-0.05, 0) is 33.3 Å². The highest BCUT2D eigenvalue weighted by atomic mass is 16.6. The average molecular weight is 267 g/mol. The summed E-state index contributed by atoms with van der Waals surface area (Å²) < 4.78 is 7.28. The number of aromatic nitrogens is 2. The van der Waals surface area contributed by atoms with E-state index in [9.17, 15) is 4.79 Å². The molecule has 106 valence electrons. The van der Waals surface area contributed by atoms with Gasteiger partial charge in [0.05, 0.1) is 18.3 Å². The second-order valence-electron chi connectivity index (χ2n) is 5.79. The summed E-state index contributed by atoms with van der Waals surface area (Å²) in [6.45, 7) is 6.64. The first-order valence-electron chi connectivity index (χ1n) is 6.52. The van der Waals surface area contributed by atoms with Crippen LogP contribution in [0.2, 0.25) is 0 Å². The Bertz CT molecular complexity index is 450. The van der Waals surface area contributed by atoms with Gasteiger partial charge in [-0.1, -0.05) is 0 Å². The van der Waals surface area contributed by atoms with E-state index in [1.165, 1.54) is 0 Å². The second kappa shape index (κ2) is 5.21. The Hall–Kier alpha value is -1.56. The minimum Gasteiger partial charge on any atom is -0.444 e. The van der Waals surface area contributed by atoms with Crippen LogP contribution in [0.1, 0.15) is 38.9 Å². The number of hydrogen-bond acceptors (Lipinski definition) is 4. The summed E-state index contributed by atoms with van der Waals surface area (Å²) in [6, 6.07) is 1.90. The molecule has 0 radical (unpaired) electrons. The Morgan fingerprint density at radius 3 is 2.95 bits per heavy atom.